The number of esters is 1. The second-order valence-corrected chi connectivity index (χ2v) is 4.20. The third kappa shape index (κ3) is 8.67. The average molecular weight is 277 g/mol. The predicted octanol–water partition coefficient (Wildman–Crippen LogP) is 3.84. The van der Waals surface area contributed by atoms with Gasteiger partial charge in [-0.3, -0.25) is 0 Å². The molecule has 0 saturated heterocycles. The van der Waals surface area contributed by atoms with Gasteiger partial charge in [-0.25, -0.2) is 4.79 Å². The zero-order chi connectivity index (χ0) is 11.5. The first-order chi connectivity index (χ1) is 7.22. The molecule has 0 heterocycles. The van der Waals surface area contributed by atoms with Crippen molar-refractivity contribution >= 4 is 21.9 Å². The Bertz CT molecular complexity index is 190. The summed E-state index contributed by atoms with van der Waals surface area (Å²) in [7, 11) is 0. The zero-order valence-electron chi connectivity index (χ0n) is 9.56. The lowest BCUT2D eigenvalue weighted by Gasteiger charge is -2.04. The van der Waals surface area contributed by atoms with E-state index in [4.69, 9.17) is 4.74 Å². The van der Waals surface area contributed by atoms with E-state index in [1.165, 1.54) is 25.7 Å². The number of alkyl halides is 1. The lowest BCUT2D eigenvalue weighted by molar-refractivity contribution is -0.138. The highest BCUT2D eigenvalue weighted by Gasteiger charge is 2.05. The molecule has 0 bridgehead atoms. The number of carbonyl (C=O) groups excluding carboxylic acids is 1. The quantitative estimate of drug-likeness (QED) is 0.277. The highest BCUT2D eigenvalue weighted by Crippen LogP contribution is 2.06. The fraction of sp³-hybridized carbons (Fsp3) is 0.750. The molecule has 15 heavy (non-hydrogen) atoms. The van der Waals surface area contributed by atoms with Crippen molar-refractivity contribution in [1.29, 1.82) is 0 Å². The molecule has 0 aromatic rings. The van der Waals surface area contributed by atoms with Crippen molar-refractivity contribution in [3.63, 3.8) is 0 Å². The summed E-state index contributed by atoms with van der Waals surface area (Å²) in [5, 5.41) is 0.488. The van der Waals surface area contributed by atoms with Crippen molar-refractivity contribution in [2.24, 2.45) is 0 Å². The summed E-state index contributed by atoms with van der Waals surface area (Å²) >= 11 is 3.17. The van der Waals surface area contributed by atoms with E-state index in [1.54, 1.807) is 0 Å². The van der Waals surface area contributed by atoms with Crippen LogP contribution in [-0.4, -0.2) is 17.9 Å². The van der Waals surface area contributed by atoms with Crippen molar-refractivity contribution in [3.05, 3.63) is 12.2 Å². The van der Waals surface area contributed by atoms with Gasteiger partial charge in [-0.2, -0.15) is 0 Å². The monoisotopic (exact) mass is 276 g/mol. The van der Waals surface area contributed by atoms with Crippen molar-refractivity contribution < 1.29 is 9.53 Å². The smallest absolute Gasteiger partial charge is 0.334 e. The summed E-state index contributed by atoms with van der Waals surface area (Å²) in [4.78, 5) is 11.2. The number of rotatable bonds is 9. The van der Waals surface area contributed by atoms with Crippen LogP contribution in [0.25, 0.3) is 0 Å². The normalized spacial score (nSPS) is 10.0. The maximum atomic E-state index is 11.2. The molecule has 88 valence electrons. The Kier molecular flexibility index (Phi) is 10.0. The van der Waals surface area contributed by atoms with Gasteiger partial charge in [0.05, 0.1) is 6.61 Å². The maximum Gasteiger partial charge on any atom is 0.334 e. The molecule has 0 aliphatic carbocycles. The van der Waals surface area contributed by atoms with E-state index in [0.29, 0.717) is 17.5 Å². The number of carbonyl (C=O) groups is 1. The van der Waals surface area contributed by atoms with Gasteiger partial charge >= 0.3 is 5.97 Å². The average Bonchev–Trinajstić information content (AvgIpc) is 2.26. The van der Waals surface area contributed by atoms with Gasteiger partial charge in [0.25, 0.3) is 0 Å². The summed E-state index contributed by atoms with van der Waals surface area (Å²) < 4.78 is 5.03. The van der Waals surface area contributed by atoms with Crippen LogP contribution in [0.15, 0.2) is 12.2 Å². The van der Waals surface area contributed by atoms with Crippen LogP contribution in [0.3, 0.4) is 0 Å². The van der Waals surface area contributed by atoms with Gasteiger partial charge in [-0.1, -0.05) is 61.5 Å². The molecular formula is C12H21BrO2. The van der Waals surface area contributed by atoms with Crippen LogP contribution in [0.1, 0.15) is 45.4 Å². The van der Waals surface area contributed by atoms with Gasteiger partial charge in [0, 0.05) is 10.9 Å². The number of halogens is 1. The second kappa shape index (κ2) is 10.2. The topological polar surface area (TPSA) is 26.3 Å². The van der Waals surface area contributed by atoms with Crippen molar-refractivity contribution in [3.8, 4) is 0 Å². The Morgan fingerprint density at radius 2 is 1.80 bits per heavy atom. The standard InChI is InChI=1S/C12H21BrO2/c1-3-4-5-6-7-8-9-15-12(14)11(2)10-13/h2-10H2,1H3. The van der Waals surface area contributed by atoms with Crippen LogP contribution in [0, 0.1) is 0 Å². The van der Waals surface area contributed by atoms with E-state index in [2.05, 4.69) is 29.4 Å². The first-order valence-corrected chi connectivity index (χ1v) is 6.75. The highest BCUT2D eigenvalue weighted by atomic mass is 79.9. The van der Waals surface area contributed by atoms with Crippen molar-refractivity contribution in [2.75, 3.05) is 11.9 Å². The third-order valence-electron chi connectivity index (χ3n) is 2.18. The summed E-state index contributed by atoms with van der Waals surface area (Å²) in [6.45, 7) is 6.32. The molecule has 0 amide bonds. The van der Waals surface area contributed by atoms with Gasteiger partial charge in [-0.05, 0) is 6.42 Å². The minimum absolute atomic E-state index is 0.277. The molecule has 2 nitrogen and oxygen atoms in total. The highest BCUT2D eigenvalue weighted by molar-refractivity contribution is 9.09. The third-order valence-corrected chi connectivity index (χ3v) is 2.86. The Labute approximate surface area is 101 Å². The fourth-order valence-corrected chi connectivity index (χ4v) is 1.43. The molecule has 0 rings (SSSR count). The molecule has 0 aliphatic rings. The van der Waals surface area contributed by atoms with Crippen molar-refractivity contribution in [2.45, 2.75) is 45.4 Å². The Morgan fingerprint density at radius 1 is 1.20 bits per heavy atom. The molecule has 0 radical (unpaired) electrons. The molecule has 0 aromatic heterocycles. The van der Waals surface area contributed by atoms with Gasteiger partial charge in [0.2, 0.25) is 0 Å². The van der Waals surface area contributed by atoms with E-state index < -0.39 is 0 Å². The molecule has 0 atom stereocenters. The molecular weight excluding hydrogens is 256 g/mol. The van der Waals surface area contributed by atoms with Crippen LogP contribution in [-0.2, 0) is 9.53 Å². The minimum Gasteiger partial charge on any atom is -0.462 e. The SMILES string of the molecule is C=C(CBr)C(=O)OCCCCCCCC. The number of hydrogen-bond acceptors (Lipinski definition) is 2. The fourth-order valence-electron chi connectivity index (χ4n) is 1.20. The van der Waals surface area contributed by atoms with E-state index >= 15 is 0 Å². The first kappa shape index (κ1) is 14.7. The number of unbranched alkanes of at least 4 members (excludes halogenated alkanes) is 5. The Morgan fingerprint density at radius 3 is 2.40 bits per heavy atom. The number of hydrogen-bond donors (Lipinski definition) is 0. The van der Waals surface area contributed by atoms with Gasteiger partial charge in [0.1, 0.15) is 0 Å². The first-order valence-electron chi connectivity index (χ1n) is 5.63. The van der Waals surface area contributed by atoms with Gasteiger partial charge < -0.3 is 4.74 Å². The largest absolute Gasteiger partial charge is 0.462 e. The molecule has 0 spiro atoms. The molecule has 3 heteroatoms. The van der Waals surface area contributed by atoms with Gasteiger partial charge in [-0.15, -0.1) is 0 Å². The predicted molar refractivity (Wildman–Crippen MR) is 67.3 cm³/mol. The van der Waals surface area contributed by atoms with Gasteiger partial charge in [0.15, 0.2) is 0 Å². The second-order valence-electron chi connectivity index (χ2n) is 3.64. The summed E-state index contributed by atoms with van der Waals surface area (Å²) in [6, 6.07) is 0. The van der Waals surface area contributed by atoms with Crippen LogP contribution >= 0.6 is 15.9 Å². The van der Waals surface area contributed by atoms with E-state index in [1.807, 2.05) is 0 Å². The van der Waals surface area contributed by atoms with Crippen LogP contribution in [0.4, 0.5) is 0 Å². The minimum atomic E-state index is -0.277. The Hall–Kier alpha value is -0.310. The van der Waals surface area contributed by atoms with E-state index in [-0.39, 0.29) is 5.97 Å². The van der Waals surface area contributed by atoms with Crippen LogP contribution < -0.4 is 0 Å². The van der Waals surface area contributed by atoms with E-state index in [9.17, 15) is 4.79 Å². The van der Waals surface area contributed by atoms with Crippen LogP contribution in [0.2, 0.25) is 0 Å². The molecule has 0 unspecified atom stereocenters. The maximum absolute atomic E-state index is 11.2. The lowest BCUT2D eigenvalue weighted by Crippen LogP contribution is -2.08. The summed E-state index contributed by atoms with van der Waals surface area (Å²) in [6.07, 6.45) is 7.21. The summed E-state index contributed by atoms with van der Waals surface area (Å²) in [5.74, 6) is -0.277. The molecule has 0 aromatic carbocycles. The van der Waals surface area contributed by atoms with E-state index in [0.717, 1.165) is 12.8 Å². The molecule has 0 fully saturated rings. The summed E-state index contributed by atoms with van der Waals surface area (Å²) in [5.41, 5.74) is 0.487. The lowest BCUT2D eigenvalue weighted by atomic mass is 10.1. The van der Waals surface area contributed by atoms with Crippen LogP contribution in [0.5, 0.6) is 0 Å². The number of ether oxygens (including phenoxy) is 1. The molecule has 0 saturated carbocycles. The molecule has 0 aliphatic heterocycles. The molecule has 0 N–H and O–H groups in total. The Balaban J connectivity index is 3.24. The zero-order valence-corrected chi connectivity index (χ0v) is 11.1. The van der Waals surface area contributed by atoms with Crippen molar-refractivity contribution in [1.82, 2.24) is 0 Å².